The van der Waals surface area contributed by atoms with Gasteiger partial charge in [0.15, 0.2) is 0 Å². The predicted molar refractivity (Wildman–Crippen MR) is 147 cm³/mol. The lowest BCUT2D eigenvalue weighted by molar-refractivity contribution is -0.132. The predicted octanol–water partition coefficient (Wildman–Crippen LogP) is 6.60. The van der Waals surface area contributed by atoms with Gasteiger partial charge in [0.05, 0.1) is 10.0 Å². The molecule has 1 heterocycles. The van der Waals surface area contributed by atoms with E-state index in [1.54, 1.807) is 23.1 Å². The molecular weight excluding hydrogens is 493 g/mol. The number of carbonyl (C=O) groups excluding carboxylic acids is 2. The molecular formula is C29H29Cl2N3O2. The van der Waals surface area contributed by atoms with Crippen LogP contribution in [-0.2, 0) is 17.8 Å². The minimum Gasteiger partial charge on any atom is -0.361 e. The lowest BCUT2D eigenvalue weighted by Gasteiger charge is -2.28. The first-order valence-corrected chi connectivity index (χ1v) is 12.8. The van der Waals surface area contributed by atoms with Crippen LogP contribution in [0.25, 0.3) is 10.9 Å². The molecule has 0 aliphatic carbocycles. The largest absolute Gasteiger partial charge is 0.361 e. The van der Waals surface area contributed by atoms with Gasteiger partial charge in [-0.15, -0.1) is 0 Å². The molecule has 1 N–H and O–H groups in total. The molecule has 1 aromatic heterocycles. The van der Waals surface area contributed by atoms with Gasteiger partial charge in [-0.25, -0.2) is 0 Å². The third-order valence-corrected chi connectivity index (χ3v) is 6.91. The topological polar surface area (TPSA) is 56.4 Å². The smallest absolute Gasteiger partial charge is 0.254 e. The molecule has 2 amide bonds. The molecule has 0 saturated heterocycles. The Kier molecular flexibility index (Phi) is 8.68. The van der Waals surface area contributed by atoms with Gasteiger partial charge in [-0.1, -0.05) is 78.7 Å². The molecule has 0 bridgehead atoms. The van der Waals surface area contributed by atoms with E-state index in [0.717, 1.165) is 28.5 Å². The number of benzene rings is 3. The molecule has 36 heavy (non-hydrogen) atoms. The van der Waals surface area contributed by atoms with Gasteiger partial charge in [0.2, 0.25) is 5.91 Å². The van der Waals surface area contributed by atoms with Gasteiger partial charge in [0.25, 0.3) is 5.91 Å². The van der Waals surface area contributed by atoms with Crippen molar-refractivity contribution in [3.8, 4) is 0 Å². The highest BCUT2D eigenvalue weighted by atomic mass is 35.5. The first kappa shape index (κ1) is 25.8. The zero-order chi connectivity index (χ0) is 25.5. The molecule has 4 rings (SSSR count). The summed E-state index contributed by atoms with van der Waals surface area (Å²) in [6.45, 7) is 3.46. The number of nitrogens with zero attached hydrogens (tertiary/aromatic N) is 2. The number of rotatable bonds is 10. The quantitative estimate of drug-likeness (QED) is 0.255. The molecule has 4 aromatic rings. The van der Waals surface area contributed by atoms with Crippen molar-refractivity contribution in [2.75, 3.05) is 19.6 Å². The molecule has 3 aromatic carbocycles. The number of carbonyl (C=O) groups is 2. The second kappa shape index (κ2) is 12.1. The van der Waals surface area contributed by atoms with Gasteiger partial charge in [-0.05, 0) is 48.2 Å². The second-order valence-electron chi connectivity index (χ2n) is 8.77. The summed E-state index contributed by atoms with van der Waals surface area (Å²) >= 11 is 12.2. The van der Waals surface area contributed by atoms with Crippen molar-refractivity contribution in [1.82, 2.24) is 14.8 Å². The zero-order valence-corrected chi connectivity index (χ0v) is 21.7. The van der Waals surface area contributed by atoms with Gasteiger partial charge in [0.1, 0.15) is 6.54 Å². The lowest BCUT2D eigenvalue weighted by Crippen LogP contribution is -2.43. The summed E-state index contributed by atoms with van der Waals surface area (Å²) in [4.78, 5) is 33.6. The van der Waals surface area contributed by atoms with Crippen molar-refractivity contribution in [2.24, 2.45) is 0 Å². The van der Waals surface area contributed by atoms with E-state index in [1.165, 1.54) is 0 Å². The van der Waals surface area contributed by atoms with Crippen molar-refractivity contribution >= 4 is 45.9 Å². The van der Waals surface area contributed by atoms with E-state index in [4.69, 9.17) is 23.2 Å². The highest BCUT2D eigenvalue weighted by Crippen LogP contribution is 2.24. The van der Waals surface area contributed by atoms with Gasteiger partial charge in [-0.3, -0.25) is 9.59 Å². The summed E-state index contributed by atoms with van der Waals surface area (Å²) in [6, 6.07) is 22.9. The van der Waals surface area contributed by atoms with Crippen molar-refractivity contribution in [1.29, 1.82) is 0 Å². The van der Waals surface area contributed by atoms with Gasteiger partial charge >= 0.3 is 0 Å². The normalized spacial score (nSPS) is 11.0. The maximum Gasteiger partial charge on any atom is 0.254 e. The molecule has 0 atom stereocenters. The highest BCUT2D eigenvalue weighted by molar-refractivity contribution is 6.42. The maximum atomic E-state index is 13.6. The van der Waals surface area contributed by atoms with Crippen LogP contribution in [-0.4, -0.2) is 46.2 Å². The molecule has 0 saturated carbocycles. The van der Waals surface area contributed by atoms with Gasteiger partial charge < -0.3 is 14.8 Å². The molecule has 7 heteroatoms. The average Bonchev–Trinajstić information content (AvgIpc) is 3.31. The van der Waals surface area contributed by atoms with E-state index in [9.17, 15) is 9.59 Å². The van der Waals surface area contributed by atoms with Crippen LogP contribution in [0.4, 0.5) is 0 Å². The number of para-hydroxylation sites is 1. The number of aromatic nitrogens is 1. The minimum absolute atomic E-state index is 0.00631. The van der Waals surface area contributed by atoms with Crippen LogP contribution in [0, 0.1) is 0 Å². The first-order chi connectivity index (χ1) is 17.5. The van der Waals surface area contributed by atoms with Crippen molar-refractivity contribution in [2.45, 2.75) is 26.3 Å². The molecule has 0 spiro atoms. The first-order valence-electron chi connectivity index (χ1n) is 12.1. The molecule has 0 aliphatic rings. The van der Waals surface area contributed by atoms with E-state index >= 15 is 0 Å². The van der Waals surface area contributed by atoms with E-state index in [1.807, 2.05) is 66.6 Å². The second-order valence-corrected chi connectivity index (χ2v) is 9.58. The number of aromatic amines is 1. The van der Waals surface area contributed by atoms with Crippen LogP contribution in [0.3, 0.4) is 0 Å². The number of fused-ring (bicyclic) bond motifs is 1. The van der Waals surface area contributed by atoms with Crippen LogP contribution in [0.5, 0.6) is 0 Å². The SMILES string of the molecule is CCCN(CC(=O)N(CCc1c[nH]c2ccccc12)Cc1ccccc1)C(=O)c1ccc(Cl)c(Cl)c1. The summed E-state index contributed by atoms with van der Waals surface area (Å²) < 4.78 is 0. The van der Waals surface area contributed by atoms with Crippen LogP contribution >= 0.6 is 23.2 Å². The summed E-state index contributed by atoms with van der Waals surface area (Å²) in [5.74, 6) is -0.333. The lowest BCUT2D eigenvalue weighted by atomic mass is 10.1. The maximum absolute atomic E-state index is 13.6. The molecule has 186 valence electrons. The van der Waals surface area contributed by atoms with Crippen molar-refractivity contribution < 1.29 is 9.59 Å². The van der Waals surface area contributed by atoms with E-state index in [2.05, 4.69) is 11.1 Å². The van der Waals surface area contributed by atoms with Gasteiger partial charge in [0, 0.05) is 42.3 Å². The molecule has 5 nitrogen and oxygen atoms in total. The van der Waals surface area contributed by atoms with Crippen LogP contribution in [0.15, 0.2) is 79.0 Å². The average molecular weight is 522 g/mol. The summed E-state index contributed by atoms with van der Waals surface area (Å²) in [5.41, 5.74) is 3.70. The monoisotopic (exact) mass is 521 g/mol. The number of H-pyrrole nitrogens is 1. The van der Waals surface area contributed by atoms with Crippen LogP contribution < -0.4 is 0 Å². The number of halogens is 2. The number of hydrogen-bond acceptors (Lipinski definition) is 2. The highest BCUT2D eigenvalue weighted by Gasteiger charge is 2.23. The third kappa shape index (κ3) is 6.28. The number of hydrogen-bond donors (Lipinski definition) is 1. The van der Waals surface area contributed by atoms with E-state index < -0.39 is 0 Å². The van der Waals surface area contributed by atoms with Gasteiger partial charge in [-0.2, -0.15) is 0 Å². The Morgan fingerprint density at radius 3 is 2.36 bits per heavy atom. The summed E-state index contributed by atoms with van der Waals surface area (Å²) in [7, 11) is 0. The Balaban J connectivity index is 1.53. The Morgan fingerprint density at radius 2 is 1.61 bits per heavy atom. The van der Waals surface area contributed by atoms with E-state index in [-0.39, 0.29) is 18.4 Å². The third-order valence-electron chi connectivity index (χ3n) is 6.17. The Morgan fingerprint density at radius 1 is 0.861 bits per heavy atom. The molecule has 0 fully saturated rings. The van der Waals surface area contributed by atoms with Crippen LogP contribution in [0.1, 0.15) is 34.8 Å². The zero-order valence-electron chi connectivity index (χ0n) is 20.2. The number of amides is 2. The van der Waals surface area contributed by atoms with Crippen molar-refractivity contribution in [3.05, 3.63) is 106 Å². The fraction of sp³-hybridized carbons (Fsp3) is 0.241. The molecule has 0 radical (unpaired) electrons. The van der Waals surface area contributed by atoms with E-state index in [0.29, 0.717) is 41.7 Å². The Bertz CT molecular complexity index is 1340. The van der Waals surface area contributed by atoms with Crippen LogP contribution in [0.2, 0.25) is 10.0 Å². The van der Waals surface area contributed by atoms with Crippen molar-refractivity contribution in [3.63, 3.8) is 0 Å². The molecule has 0 unspecified atom stereocenters. The summed E-state index contributed by atoms with van der Waals surface area (Å²) in [5, 5.41) is 1.86. The standard InChI is InChI=1S/C29H29Cl2N3O2/c1-2-15-34(29(36)22-12-13-25(30)26(31)17-22)20-28(35)33(19-21-8-4-3-5-9-21)16-14-23-18-32-27-11-7-6-10-24(23)27/h3-13,17-18,32H,2,14-16,19-20H2,1H3. The Labute approximate surface area is 221 Å². The minimum atomic E-state index is -0.236. The Hall–Kier alpha value is -3.28. The number of nitrogens with one attached hydrogen (secondary N) is 1. The fourth-order valence-electron chi connectivity index (χ4n) is 4.29. The fourth-order valence-corrected chi connectivity index (χ4v) is 4.59. The summed E-state index contributed by atoms with van der Waals surface area (Å²) in [6.07, 6.45) is 3.44. The molecule has 0 aliphatic heterocycles.